The molecule has 0 spiro atoms. The number of aryl methyl sites for hydroxylation is 2. The molecule has 2 aromatic carbocycles. The van der Waals surface area contributed by atoms with Gasteiger partial charge >= 0.3 is 0 Å². The number of anilines is 1. The van der Waals surface area contributed by atoms with E-state index in [9.17, 15) is 13.2 Å². The Bertz CT molecular complexity index is 1040. The van der Waals surface area contributed by atoms with Crippen molar-refractivity contribution in [3.05, 3.63) is 53.6 Å². The molecule has 0 saturated heterocycles. The zero-order chi connectivity index (χ0) is 18.7. The van der Waals surface area contributed by atoms with E-state index in [1.165, 1.54) is 29.0 Å². The minimum absolute atomic E-state index is 0.130. The second-order valence-corrected chi connectivity index (χ2v) is 8.94. The van der Waals surface area contributed by atoms with Crippen LogP contribution in [0.15, 0.2) is 47.4 Å². The van der Waals surface area contributed by atoms with E-state index >= 15 is 0 Å². The molecular formula is C18H19N3O3S2. The molecule has 0 fully saturated rings. The van der Waals surface area contributed by atoms with Gasteiger partial charge in [0.15, 0.2) is 9.84 Å². The molecule has 0 unspecified atom stereocenters. The fourth-order valence-corrected chi connectivity index (χ4v) is 4.42. The number of thiazole rings is 1. The smallest absolute Gasteiger partial charge is 0.253 e. The van der Waals surface area contributed by atoms with Crippen molar-refractivity contribution in [3.63, 3.8) is 0 Å². The van der Waals surface area contributed by atoms with Crippen LogP contribution in [-0.2, 0) is 21.1 Å². The maximum absolute atomic E-state index is 12.3. The second kappa shape index (κ2) is 7.43. The molecule has 0 aliphatic rings. The third-order valence-electron chi connectivity index (χ3n) is 3.87. The minimum Gasteiger partial charge on any atom is -0.273 e. The Morgan fingerprint density at radius 1 is 1.15 bits per heavy atom. The third kappa shape index (κ3) is 4.20. The van der Waals surface area contributed by atoms with Crippen LogP contribution in [0.1, 0.15) is 18.1 Å². The fourth-order valence-electron chi connectivity index (χ4n) is 2.40. The maximum atomic E-state index is 12.3. The number of rotatable bonds is 6. The second-order valence-electron chi connectivity index (χ2n) is 5.92. The lowest BCUT2D eigenvalue weighted by Crippen LogP contribution is -2.34. The Balaban J connectivity index is 1.64. The minimum atomic E-state index is -3.68. The molecule has 0 aliphatic carbocycles. The Morgan fingerprint density at radius 3 is 2.58 bits per heavy atom. The summed E-state index contributed by atoms with van der Waals surface area (Å²) in [4.78, 5) is 16.5. The summed E-state index contributed by atoms with van der Waals surface area (Å²) in [5, 5.41) is 0.509. The number of nitrogens with zero attached hydrogens (tertiary/aromatic N) is 1. The van der Waals surface area contributed by atoms with E-state index in [2.05, 4.69) is 28.8 Å². The molecule has 136 valence electrons. The van der Waals surface area contributed by atoms with Crippen LogP contribution in [-0.4, -0.2) is 25.1 Å². The van der Waals surface area contributed by atoms with E-state index < -0.39 is 21.5 Å². The van der Waals surface area contributed by atoms with Gasteiger partial charge in [-0.3, -0.25) is 15.6 Å². The summed E-state index contributed by atoms with van der Waals surface area (Å²) < 4.78 is 25.6. The first-order chi connectivity index (χ1) is 12.4. The van der Waals surface area contributed by atoms with E-state index in [-0.39, 0.29) is 4.90 Å². The largest absolute Gasteiger partial charge is 0.273 e. The summed E-state index contributed by atoms with van der Waals surface area (Å²) in [5.41, 5.74) is 8.10. The molecule has 2 N–H and O–H groups in total. The van der Waals surface area contributed by atoms with Crippen LogP contribution < -0.4 is 10.9 Å². The summed E-state index contributed by atoms with van der Waals surface area (Å²) >= 11 is 1.40. The molecule has 0 saturated carbocycles. The van der Waals surface area contributed by atoms with Crippen molar-refractivity contribution in [1.82, 2.24) is 10.4 Å². The first kappa shape index (κ1) is 18.3. The van der Waals surface area contributed by atoms with Crippen LogP contribution in [0.25, 0.3) is 10.2 Å². The third-order valence-corrected chi connectivity index (χ3v) is 6.44. The molecule has 1 aromatic heterocycles. The molecule has 8 heteroatoms. The Labute approximate surface area is 156 Å². The highest BCUT2D eigenvalue weighted by Crippen LogP contribution is 2.26. The number of hydrogen-bond acceptors (Lipinski definition) is 6. The Morgan fingerprint density at radius 2 is 1.88 bits per heavy atom. The van der Waals surface area contributed by atoms with Crippen LogP contribution in [0.2, 0.25) is 0 Å². The summed E-state index contributed by atoms with van der Waals surface area (Å²) in [5.74, 6) is -1.27. The number of carbonyl (C=O) groups excluding carboxylic acids is 1. The topological polar surface area (TPSA) is 88.2 Å². The van der Waals surface area contributed by atoms with Crippen molar-refractivity contribution in [2.24, 2.45) is 0 Å². The van der Waals surface area contributed by atoms with Crippen molar-refractivity contribution in [1.29, 1.82) is 0 Å². The number of carbonyl (C=O) groups is 1. The molecule has 0 bridgehead atoms. The summed E-state index contributed by atoms with van der Waals surface area (Å²) in [7, 11) is -3.68. The molecule has 1 heterocycles. The van der Waals surface area contributed by atoms with Gasteiger partial charge in [-0.25, -0.2) is 13.4 Å². The number of hydrazine groups is 1. The van der Waals surface area contributed by atoms with E-state index in [1.807, 2.05) is 19.1 Å². The molecule has 0 aliphatic heterocycles. The van der Waals surface area contributed by atoms with E-state index in [0.717, 1.165) is 22.2 Å². The van der Waals surface area contributed by atoms with Gasteiger partial charge in [-0.1, -0.05) is 42.0 Å². The molecule has 1 amide bonds. The van der Waals surface area contributed by atoms with E-state index in [4.69, 9.17) is 0 Å². The van der Waals surface area contributed by atoms with Crippen LogP contribution in [0, 0.1) is 6.92 Å². The zero-order valence-corrected chi connectivity index (χ0v) is 16.1. The molecule has 3 rings (SSSR count). The number of nitrogens with one attached hydrogen (secondary N) is 2. The van der Waals surface area contributed by atoms with Crippen molar-refractivity contribution in [2.75, 3.05) is 11.2 Å². The number of hydrogen-bond donors (Lipinski definition) is 2. The average Bonchev–Trinajstić information content (AvgIpc) is 3.02. The molecule has 6 nitrogen and oxygen atoms in total. The van der Waals surface area contributed by atoms with Gasteiger partial charge < -0.3 is 0 Å². The fraction of sp³-hybridized carbons (Fsp3) is 0.222. The zero-order valence-electron chi connectivity index (χ0n) is 14.4. The van der Waals surface area contributed by atoms with Gasteiger partial charge in [-0.15, -0.1) is 0 Å². The van der Waals surface area contributed by atoms with Crippen molar-refractivity contribution in [2.45, 2.75) is 25.2 Å². The van der Waals surface area contributed by atoms with Gasteiger partial charge in [0, 0.05) is 0 Å². The quantitative estimate of drug-likeness (QED) is 0.633. The summed E-state index contributed by atoms with van der Waals surface area (Å²) in [6.45, 7) is 3.95. The molecule has 0 atom stereocenters. The van der Waals surface area contributed by atoms with Gasteiger partial charge in [0.05, 0.1) is 15.1 Å². The predicted octanol–water partition coefficient (Wildman–Crippen LogP) is 3.08. The maximum Gasteiger partial charge on any atom is 0.253 e. The Kier molecular flexibility index (Phi) is 5.24. The molecule has 3 aromatic rings. The lowest BCUT2D eigenvalue weighted by molar-refractivity contribution is -0.118. The van der Waals surface area contributed by atoms with Crippen molar-refractivity contribution in [3.8, 4) is 0 Å². The van der Waals surface area contributed by atoms with Gasteiger partial charge in [-0.2, -0.15) is 0 Å². The van der Waals surface area contributed by atoms with E-state index in [0.29, 0.717) is 5.13 Å². The van der Waals surface area contributed by atoms with Gasteiger partial charge in [-0.05, 0) is 43.2 Å². The van der Waals surface area contributed by atoms with Crippen molar-refractivity contribution >= 4 is 42.4 Å². The van der Waals surface area contributed by atoms with Gasteiger partial charge in [0.1, 0.15) is 5.75 Å². The van der Waals surface area contributed by atoms with E-state index in [1.54, 1.807) is 12.1 Å². The first-order valence-corrected chi connectivity index (χ1v) is 10.6. The number of benzene rings is 2. The Hall–Kier alpha value is -2.45. The standard InChI is InChI=1S/C18H19N3O3S2/c1-3-13-6-9-15-16(10-13)25-18(19-15)21-20-17(22)11-26(23,24)14-7-4-12(2)5-8-14/h4-10H,3,11H2,1-2H3,(H,19,21)(H,20,22). The first-order valence-electron chi connectivity index (χ1n) is 8.11. The van der Waals surface area contributed by atoms with Gasteiger partial charge in [0.25, 0.3) is 5.91 Å². The predicted molar refractivity (Wildman–Crippen MR) is 104 cm³/mol. The normalized spacial score (nSPS) is 11.5. The number of amides is 1. The summed E-state index contributed by atoms with van der Waals surface area (Å²) in [6, 6.07) is 12.4. The van der Waals surface area contributed by atoms with Crippen molar-refractivity contribution < 1.29 is 13.2 Å². The van der Waals surface area contributed by atoms with Gasteiger partial charge in [0.2, 0.25) is 5.13 Å². The van der Waals surface area contributed by atoms with Crippen LogP contribution >= 0.6 is 11.3 Å². The molecule has 26 heavy (non-hydrogen) atoms. The number of sulfone groups is 1. The lowest BCUT2D eigenvalue weighted by atomic mass is 10.2. The lowest BCUT2D eigenvalue weighted by Gasteiger charge is -2.07. The summed E-state index contributed by atoms with van der Waals surface area (Å²) in [6.07, 6.45) is 0.935. The number of aromatic nitrogens is 1. The highest BCUT2D eigenvalue weighted by Gasteiger charge is 2.19. The SMILES string of the molecule is CCc1ccc2nc(NNC(=O)CS(=O)(=O)c3ccc(C)cc3)sc2c1. The number of fused-ring (bicyclic) bond motifs is 1. The van der Waals surface area contributed by atoms with Crippen LogP contribution in [0.4, 0.5) is 5.13 Å². The van der Waals surface area contributed by atoms with Crippen LogP contribution in [0.5, 0.6) is 0 Å². The highest BCUT2D eigenvalue weighted by atomic mass is 32.2. The highest BCUT2D eigenvalue weighted by molar-refractivity contribution is 7.92. The molecular weight excluding hydrogens is 370 g/mol. The monoisotopic (exact) mass is 389 g/mol. The molecule has 0 radical (unpaired) electrons. The van der Waals surface area contributed by atoms with Crippen LogP contribution in [0.3, 0.4) is 0 Å². The average molecular weight is 390 g/mol.